The first-order valence-electron chi connectivity index (χ1n) is 8.86. The average molecular weight is 394 g/mol. The van der Waals surface area contributed by atoms with Crippen LogP contribution in [0.25, 0.3) is 0 Å². The molecule has 0 radical (unpaired) electrons. The average Bonchev–Trinajstić information content (AvgIpc) is 2.78. The molecule has 0 aliphatic rings. The van der Waals surface area contributed by atoms with Gasteiger partial charge in [-0.2, -0.15) is 0 Å². The van der Waals surface area contributed by atoms with Gasteiger partial charge in [-0.05, 0) is 42.0 Å². The molecule has 0 aliphatic heterocycles. The first kappa shape index (κ1) is 19.9. The zero-order valence-corrected chi connectivity index (χ0v) is 16.4. The second-order valence-electron chi connectivity index (χ2n) is 6.06. The van der Waals surface area contributed by atoms with E-state index in [1.807, 2.05) is 24.3 Å². The highest BCUT2D eigenvalue weighted by Crippen LogP contribution is 2.23. The maximum atomic E-state index is 12.5. The van der Waals surface area contributed by atoms with Crippen LogP contribution >= 0.6 is 0 Å². The number of rotatable bonds is 8. The van der Waals surface area contributed by atoms with Gasteiger partial charge >= 0.3 is 0 Å². The van der Waals surface area contributed by atoms with Gasteiger partial charge < -0.3 is 24.8 Å². The van der Waals surface area contributed by atoms with E-state index in [4.69, 9.17) is 14.2 Å². The van der Waals surface area contributed by atoms with Crippen LogP contribution in [0.3, 0.4) is 0 Å². The van der Waals surface area contributed by atoms with Crippen molar-refractivity contribution in [3.8, 4) is 17.2 Å². The highest BCUT2D eigenvalue weighted by molar-refractivity contribution is 6.04. The Kier molecular flexibility index (Phi) is 6.47. The summed E-state index contributed by atoms with van der Waals surface area (Å²) in [6.45, 7) is 0.591. The number of hydrogen-bond donors (Lipinski definition) is 2. The number of ether oxygens (including phenoxy) is 3. The van der Waals surface area contributed by atoms with Gasteiger partial charge in [0.15, 0.2) is 5.82 Å². The van der Waals surface area contributed by atoms with Crippen molar-refractivity contribution in [2.45, 2.75) is 6.54 Å². The quantitative estimate of drug-likeness (QED) is 0.605. The van der Waals surface area contributed by atoms with Crippen molar-refractivity contribution < 1.29 is 19.0 Å². The number of anilines is 2. The predicted molar refractivity (Wildman–Crippen MR) is 110 cm³/mol. The molecule has 0 aliphatic carbocycles. The molecular formula is C21H22N4O4. The summed E-state index contributed by atoms with van der Waals surface area (Å²) in [5.74, 6) is 2.46. The molecular weight excluding hydrogens is 372 g/mol. The third-order valence-corrected chi connectivity index (χ3v) is 4.15. The van der Waals surface area contributed by atoms with Gasteiger partial charge in [-0.25, -0.2) is 0 Å². The van der Waals surface area contributed by atoms with Crippen LogP contribution in [0.4, 0.5) is 11.6 Å². The van der Waals surface area contributed by atoms with Gasteiger partial charge in [-0.1, -0.05) is 12.1 Å². The third-order valence-electron chi connectivity index (χ3n) is 4.15. The molecule has 0 fully saturated rings. The molecule has 1 amide bonds. The van der Waals surface area contributed by atoms with Gasteiger partial charge in [0.2, 0.25) is 0 Å². The molecule has 0 saturated heterocycles. The second kappa shape index (κ2) is 9.41. The highest BCUT2D eigenvalue weighted by Gasteiger charge is 2.11. The van der Waals surface area contributed by atoms with Crippen molar-refractivity contribution >= 4 is 17.5 Å². The van der Waals surface area contributed by atoms with E-state index >= 15 is 0 Å². The van der Waals surface area contributed by atoms with Crippen LogP contribution in [0, 0.1) is 0 Å². The molecule has 8 nitrogen and oxygen atoms in total. The second-order valence-corrected chi connectivity index (χ2v) is 6.06. The highest BCUT2D eigenvalue weighted by atomic mass is 16.5. The maximum Gasteiger partial charge on any atom is 0.257 e. The van der Waals surface area contributed by atoms with Crippen LogP contribution in [0.15, 0.2) is 54.6 Å². The fourth-order valence-electron chi connectivity index (χ4n) is 2.56. The number of aromatic nitrogens is 2. The number of hydrogen-bond acceptors (Lipinski definition) is 7. The molecule has 0 spiro atoms. The van der Waals surface area contributed by atoms with Crippen LogP contribution in [0.5, 0.6) is 17.2 Å². The van der Waals surface area contributed by atoms with Crippen LogP contribution < -0.4 is 24.8 Å². The molecule has 1 heterocycles. The van der Waals surface area contributed by atoms with E-state index in [1.165, 1.54) is 14.2 Å². The summed E-state index contributed by atoms with van der Waals surface area (Å²) >= 11 is 0. The van der Waals surface area contributed by atoms with Crippen molar-refractivity contribution in [2.75, 3.05) is 32.0 Å². The van der Waals surface area contributed by atoms with Gasteiger partial charge in [0, 0.05) is 18.2 Å². The summed E-state index contributed by atoms with van der Waals surface area (Å²) in [6, 6.07) is 16.1. The Labute approximate surface area is 168 Å². The van der Waals surface area contributed by atoms with E-state index < -0.39 is 0 Å². The minimum Gasteiger partial charge on any atom is -0.497 e. The molecule has 1 aromatic heterocycles. The zero-order chi connectivity index (χ0) is 20.6. The van der Waals surface area contributed by atoms with Crippen molar-refractivity contribution in [1.29, 1.82) is 0 Å². The number of methoxy groups -OCH3 is 3. The van der Waals surface area contributed by atoms with E-state index in [9.17, 15) is 4.79 Å². The molecule has 0 saturated carbocycles. The van der Waals surface area contributed by atoms with E-state index in [2.05, 4.69) is 20.8 Å². The molecule has 2 aromatic carbocycles. The Balaban J connectivity index is 1.60. The topological polar surface area (TPSA) is 94.6 Å². The summed E-state index contributed by atoms with van der Waals surface area (Å²) < 4.78 is 15.5. The molecule has 2 N–H and O–H groups in total. The van der Waals surface area contributed by atoms with E-state index in [1.54, 1.807) is 37.4 Å². The summed E-state index contributed by atoms with van der Waals surface area (Å²) in [5.41, 5.74) is 1.47. The van der Waals surface area contributed by atoms with Gasteiger partial charge in [0.05, 0.1) is 21.3 Å². The molecule has 8 heteroatoms. The standard InChI is InChI=1S/C21H22N4O4/c1-27-16-6-4-14(5-7-16)13-22-19-8-9-20(25-24-19)23-21(26)15-10-17(28-2)12-18(11-15)29-3/h4-12H,13H2,1-3H3,(H,22,24)(H,23,25,26). The molecule has 0 unspecified atom stereocenters. The van der Waals surface area contributed by atoms with Crippen LogP contribution in [0.1, 0.15) is 15.9 Å². The van der Waals surface area contributed by atoms with Crippen LogP contribution in [-0.4, -0.2) is 37.4 Å². The summed E-state index contributed by atoms with van der Waals surface area (Å²) in [4.78, 5) is 12.5. The Bertz CT molecular complexity index is 937. The first-order chi connectivity index (χ1) is 14.1. The molecule has 150 valence electrons. The summed E-state index contributed by atoms with van der Waals surface area (Å²) in [5, 5.41) is 14.0. The lowest BCUT2D eigenvalue weighted by atomic mass is 10.2. The zero-order valence-electron chi connectivity index (χ0n) is 16.4. The van der Waals surface area contributed by atoms with E-state index in [0.29, 0.717) is 35.2 Å². The number of nitrogens with zero attached hydrogens (tertiary/aromatic N) is 2. The minimum atomic E-state index is -0.338. The fourth-order valence-corrected chi connectivity index (χ4v) is 2.56. The predicted octanol–water partition coefficient (Wildman–Crippen LogP) is 3.37. The lowest BCUT2D eigenvalue weighted by Crippen LogP contribution is -2.14. The fraction of sp³-hybridized carbons (Fsp3) is 0.190. The van der Waals surface area contributed by atoms with Crippen molar-refractivity contribution in [3.05, 3.63) is 65.7 Å². The number of carbonyl (C=O) groups is 1. The maximum absolute atomic E-state index is 12.5. The van der Waals surface area contributed by atoms with Crippen LogP contribution in [0.2, 0.25) is 0 Å². The van der Waals surface area contributed by atoms with Crippen molar-refractivity contribution in [3.63, 3.8) is 0 Å². The largest absolute Gasteiger partial charge is 0.497 e. The number of benzene rings is 2. The molecule has 0 atom stereocenters. The van der Waals surface area contributed by atoms with Crippen molar-refractivity contribution in [1.82, 2.24) is 10.2 Å². The van der Waals surface area contributed by atoms with Gasteiger partial charge in [0.25, 0.3) is 5.91 Å². The van der Waals surface area contributed by atoms with Gasteiger partial charge in [-0.15, -0.1) is 10.2 Å². The Morgan fingerprint density at radius 2 is 1.38 bits per heavy atom. The monoisotopic (exact) mass is 394 g/mol. The van der Waals surface area contributed by atoms with E-state index in [-0.39, 0.29) is 5.91 Å². The number of nitrogens with one attached hydrogen (secondary N) is 2. The first-order valence-corrected chi connectivity index (χ1v) is 8.86. The van der Waals surface area contributed by atoms with E-state index in [0.717, 1.165) is 11.3 Å². The molecule has 29 heavy (non-hydrogen) atoms. The SMILES string of the molecule is COc1ccc(CNc2ccc(NC(=O)c3cc(OC)cc(OC)c3)nn2)cc1. The van der Waals surface area contributed by atoms with Crippen molar-refractivity contribution in [2.24, 2.45) is 0 Å². The summed E-state index contributed by atoms with van der Waals surface area (Å²) in [6.07, 6.45) is 0. The Morgan fingerprint density at radius 1 is 0.793 bits per heavy atom. The molecule has 0 bridgehead atoms. The minimum absolute atomic E-state index is 0.338. The summed E-state index contributed by atoms with van der Waals surface area (Å²) in [7, 11) is 4.69. The normalized spacial score (nSPS) is 10.2. The molecule has 3 aromatic rings. The Morgan fingerprint density at radius 3 is 1.93 bits per heavy atom. The number of amides is 1. The number of carbonyl (C=O) groups excluding carboxylic acids is 1. The third kappa shape index (κ3) is 5.35. The molecule has 3 rings (SSSR count). The smallest absolute Gasteiger partial charge is 0.257 e. The lowest BCUT2D eigenvalue weighted by molar-refractivity contribution is 0.102. The Hall–Kier alpha value is -3.81. The lowest BCUT2D eigenvalue weighted by Gasteiger charge is -2.09. The van der Waals surface area contributed by atoms with Gasteiger partial charge in [0.1, 0.15) is 23.1 Å². The van der Waals surface area contributed by atoms with Crippen LogP contribution in [-0.2, 0) is 6.54 Å². The van der Waals surface area contributed by atoms with Gasteiger partial charge in [-0.3, -0.25) is 4.79 Å².